The lowest BCUT2D eigenvalue weighted by molar-refractivity contribution is -0.121. The molecular formula is C9H18N2OS. The Labute approximate surface area is 83.8 Å². The number of nitrogens with two attached hydrogens (primary N) is 1. The van der Waals surface area contributed by atoms with Gasteiger partial charge in [-0.25, -0.2) is 0 Å². The molecule has 0 radical (unpaired) electrons. The molecule has 0 bridgehead atoms. The Morgan fingerprint density at radius 3 is 2.92 bits per heavy atom. The fraction of sp³-hybridized carbons (Fsp3) is 0.889. The molecule has 0 spiro atoms. The number of nitrogens with one attached hydrogen (secondary N) is 1. The van der Waals surface area contributed by atoms with Gasteiger partial charge >= 0.3 is 0 Å². The van der Waals surface area contributed by atoms with Crippen LogP contribution in [0.4, 0.5) is 0 Å². The second-order valence-electron chi connectivity index (χ2n) is 3.83. The average Bonchev–Trinajstić information content (AvgIpc) is 2.33. The second kappa shape index (κ2) is 4.86. The zero-order valence-corrected chi connectivity index (χ0v) is 9.06. The quantitative estimate of drug-likeness (QED) is 0.709. The predicted octanol–water partition coefficient (Wildman–Crippen LogP) is 0.734. The van der Waals surface area contributed by atoms with Gasteiger partial charge in [-0.05, 0) is 13.3 Å². The smallest absolute Gasteiger partial charge is 0.221 e. The first kappa shape index (κ1) is 10.9. The van der Waals surface area contributed by atoms with E-state index >= 15 is 0 Å². The fourth-order valence-corrected chi connectivity index (χ4v) is 2.65. The third-order valence-corrected chi connectivity index (χ3v) is 3.43. The minimum absolute atomic E-state index is 0.0357. The van der Waals surface area contributed by atoms with Crippen LogP contribution in [0.2, 0.25) is 0 Å². The lowest BCUT2D eigenvalue weighted by Gasteiger charge is -2.12. The Hall–Kier alpha value is -0.220. The maximum Gasteiger partial charge on any atom is 0.221 e. The van der Waals surface area contributed by atoms with E-state index in [-0.39, 0.29) is 11.9 Å². The van der Waals surface area contributed by atoms with Crippen molar-refractivity contribution in [1.82, 2.24) is 5.32 Å². The molecule has 1 aliphatic heterocycles. The maximum atomic E-state index is 11.3. The van der Waals surface area contributed by atoms with Crippen molar-refractivity contribution >= 4 is 17.7 Å². The van der Waals surface area contributed by atoms with Crippen molar-refractivity contribution in [2.75, 3.05) is 5.75 Å². The number of hydrogen-bond donors (Lipinski definition) is 2. The molecule has 0 aromatic rings. The summed E-state index contributed by atoms with van der Waals surface area (Å²) in [7, 11) is 0. The predicted molar refractivity (Wildman–Crippen MR) is 56.7 cm³/mol. The number of rotatable bonds is 3. The van der Waals surface area contributed by atoms with Crippen molar-refractivity contribution in [2.45, 2.75) is 44.0 Å². The molecule has 0 aromatic heterocycles. The van der Waals surface area contributed by atoms with Crippen LogP contribution in [0.5, 0.6) is 0 Å². The number of amides is 1. The lowest BCUT2D eigenvalue weighted by Crippen LogP contribution is -2.37. The largest absolute Gasteiger partial charge is 0.352 e. The van der Waals surface area contributed by atoms with Crippen LogP contribution < -0.4 is 11.1 Å². The molecule has 1 fully saturated rings. The summed E-state index contributed by atoms with van der Waals surface area (Å²) in [6, 6.07) is 0.331. The highest BCUT2D eigenvalue weighted by atomic mass is 32.2. The summed E-state index contributed by atoms with van der Waals surface area (Å²) in [4.78, 5) is 11.3. The van der Waals surface area contributed by atoms with Crippen molar-refractivity contribution in [3.63, 3.8) is 0 Å². The van der Waals surface area contributed by atoms with Crippen LogP contribution in [0.25, 0.3) is 0 Å². The standard InChI is InChI=1S/C9H18N2OS/c1-6(10)3-9(12)11-8-4-7(2)13-5-8/h6-8H,3-5,10H2,1-2H3,(H,11,12). The highest BCUT2D eigenvalue weighted by Crippen LogP contribution is 2.25. The van der Waals surface area contributed by atoms with E-state index in [1.54, 1.807) is 0 Å². The third kappa shape index (κ3) is 4.00. The van der Waals surface area contributed by atoms with Gasteiger partial charge in [-0.1, -0.05) is 6.92 Å². The van der Waals surface area contributed by atoms with Gasteiger partial charge in [-0.2, -0.15) is 11.8 Å². The summed E-state index contributed by atoms with van der Waals surface area (Å²) < 4.78 is 0. The topological polar surface area (TPSA) is 55.1 Å². The number of carbonyl (C=O) groups excluding carboxylic acids is 1. The first-order valence-electron chi connectivity index (χ1n) is 4.74. The van der Waals surface area contributed by atoms with E-state index in [2.05, 4.69) is 12.2 Å². The molecule has 13 heavy (non-hydrogen) atoms. The van der Waals surface area contributed by atoms with E-state index in [1.165, 1.54) is 0 Å². The maximum absolute atomic E-state index is 11.3. The summed E-state index contributed by atoms with van der Waals surface area (Å²) in [6.07, 6.45) is 1.53. The van der Waals surface area contributed by atoms with E-state index in [1.807, 2.05) is 18.7 Å². The van der Waals surface area contributed by atoms with Crippen molar-refractivity contribution in [2.24, 2.45) is 5.73 Å². The van der Waals surface area contributed by atoms with Gasteiger partial charge in [0.2, 0.25) is 5.91 Å². The molecule has 1 rings (SSSR count). The van der Waals surface area contributed by atoms with E-state index in [9.17, 15) is 4.79 Å². The summed E-state index contributed by atoms with van der Waals surface area (Å²) >= 11 is 1.92. The number of carbonyl (C=O) groups is 1. The Bertz CT molecular complexity index is 184. The molecule has 1 saturated heterocycles. The van der Waals surface area contributed by atoms with Crippen molar-refractivity contribution in [3.8, 4) is 0 Å². The van der Waals surface area contributed by atoms with Gasteiger partial charge in [0.15, 0.2) is 0 Å². The van der Waals surface area contributed by atoms with Crippen LogP contribution in [-0.2, 0) is 4.79 Å². The van der Waals surface area contributed by atoms with Crippen LogP contribution >= 0.6 is 11.8 Å². The van der Waals surface area contributed by atoms with Crippen LogP contribution in [0.15, 0.2) is 0 Å². The van der Waals surface area contributed by atoms with Crippen LogP contribution in [0.1, 0.15) is 26.7 Å². The summed E-state index contributed by atoms with van der Waals surface area (Å²) in [5.41, 5.74) is 5.53. The Balaban J connectivity index is 2.21. The molecular weight excluding hydrogens is 184 g/mol. The van der Waals surface area contributed by atoms with Gasteiger partial charge in [0.25, 0.3) is 0 Å². The monoisotopic (exact) mass is 202 g/mol. The number of hydrogen-bond acceptors (Lipinski definition) is 3. The average molecular weight is 202 g/mol. The van der Waals surface area contributed by atoms with Gasteiger partial charge in [0, 0.05) is 29.5 Å². The van der Waals surface area contributed by atoms with Crippen molar-refractivity contribution < 1.29 is 4.79 Å². The lowest BCUT2D eigenvalue weighted by atomic mass is 10.2. The third-order valence-electron chi connectivity index (χ3n) is 2.07. The molecule has 3 nitrogen and oxygen atoms in total. The molecule has 3 atom stereocenters. The Kier molecular flexibility index (Phi) is 4.06. The van der Waals surface area contributed by atoms with E-state index in [0.717, 1.165) is 12.2 Å². The van der Waals surface area contributed by atoms with Gasteiger partial charge in [-0.15, -0.1) is 0 Å². The first-order valence-corrected chi connectivity index (χ1v) is 5.79. The van der Waals surface area contributed by atoms with Gasteiger partial charge < -0.3 is 11.1 Å². The van der Waals surface area contributed by atoms with Crippen LogP contribution in [0.3, 0.4) is 0 Å². The molecule has 0 aliphatic carbocycles. The van der Waals surface area contributed by atoms with Crippen LogP contribution in [0, 0.1) is 0 Å². The fourth-order valence-electron chi connectivity index (χ4n) is 1.50. The van der Waals surface area contributed by atoms with Gasteiger partial charge in [-0.3, -0.25) is 4.79 Å². The molecule has 1 heterocycles. The molecule has 3 N–H and O–H groups in total. The second-order valence-corrected chi connectivity index (χ2v) is 5.30. The molecule has 1 amide bonds. The summed E-state index contributed by atoms with van der Waals surface area (Å²) in [6.45, 7) is 4.05. The zero-order chi connectivity index (χ0) is 9.84. The number of thioether (sulfide) groups is 1. The SMILES string of the molecule is CC(N)CC(=O)NC1CSC(C)C1. The van der Waals surface area contributed by atoms with E-state index in [4.69, 9.17) is 5.73 Å². The van der Waals surface area contributed by atoms with Gasteiger partial charge in [0.05, 0.1) is 0 Å². The molecule has 3 unspecified atom stereocenters. The van der Waals surface area contributed by atoms with Crippen molar-refractivity contribution in [3.05, 3.63) is 0 Å². The van der Waals surface area contributed by atoms with E-state index in [0.29, 0.717) is 17.7 Å². The minimum atomic E-state index is -0.0357. The van der Waals surface area contributed by atoms with Gasteiger partial charge in [0.1, 0.15) is 0 Å². The minimum Gasteiger partial charge on any atom is -0.352 e. The molecule has 1 aliphatic rings. The molecule has 0 saturated carbocycles. The summed E-state index contributed by atoms with van der Waals surface area (Å²) in [5.74, 6) is 1.14. The highest BCUT2D eigenvalue weighted by Gasteiger charge is 2.23. The summed E-state index contributed by atoms with van der Waals surface area (Å²) in [5, 5.41) is 3.68. The van der Waals surface area contributed by atoms with Crippen LogP contribution in [-0.4, -0.2) is 29.0 Å². The Morgan fingerprint density at radius 1 is 1.77 bits per heavy atom. The normalized spacial score (nSPS) is 30.1. The van der Waals surface area contributed by atoms with E-state index < -0.39 is 0 Å². The highest BCUT2D eigenvalue weighted by molar-refractivity contribution is 8.00. The molecule has 76 valence electrons. The first-order chi connectivity index (χ1) is 6.08. The molecule has 0 aromatic carbocycles. The Morgan fingerprint density at radius 2 is 2.46 bits per heavy atom. The zero-order valence-electron chi connectivity index (χ0n) is 8.25. The molecule has 4 heteroatoms. The van der Waals surface area contributed by atoms with Crippen molar-refractivity contribution in [1.29, 1.82) is 0 Å².